The van der Waals surface area contributed by atoms with E-state index in [1.165, 1.54) is 36.4 Å². The summed E-state index contributed by atoms with van der Waals surface area (Å²) in [6.07, 6.45) is 0.267. The predicted octanol–water partition coefficient (Wildman–Crippen LogP) is 6.39. The van der Waals surface area contributed by atoms with Crippen molar-refractivity contribution in [3.05, 3.63) is 170 Å². The van der Waals surface area contributed by atoms with Gasteiger partial charge in [0.05, 0.1) is 15.8 Å². The van der Waals surface area contributed by atoms with Gasteiger partial charge in [0.1, 0.15) is 5.75 Å². The number of nitro groups is 2. The minimum Gasteiger partial charge on any atom is -0.508 e. The number of fused-ring (bicyclic) bond motifs is 2. The second-order valence-corrected chi connectivity index (χ2v) is 16.3. The standard InChI is InChI=1S/C39H34N6O9S2/c46-34-18-8-3-13-29(34)37(38-27(25-11-1-4-14-30(25)42-38)21-23-40-55(51,52)35-19-9-6-16-32(35)44(47)48)39-28(26-12-2-5-15-31(26)43-39)22-24-41-56(53,54)36-20-10-7-17-33(36)45(49)50/h1-20,37,40-43,46H,21-24H2. The first-order valence-corrected chi connectivity index (χ1v) is 20.3. The molecule has 7 rings (SSSR count). The van der Waals surface area contributed by atoms with Crippen LogP contribution >= 0.6 is 0 Å². The van der Waals surface area contributed by atoms with Crippen LogP contribution < -0.4 is 9.44 Å². The van der Waals surface area contributed by atoms with Crippen molar-refractivity contribution in [2.24, 2.45) is 0 Å². The molecule has 7 aromatic rings. The molecular formula is C39H34N6O9S2. The lowest BCUT2D eigenvalue weighted by Crippen LogP contribution is -2.27. The summed E-state index contributed by atoms with van der Waals surface area (Å²) in [4.78, 5) is 27.8. The molecule has 0 saturated carbocycles. The van der Waals surface area contributed by atoms with Crippen LogP contribution in [0.3, 0.4) is 0 Å². The number of aromatic hydroxyl groups is 1. The Labute approximate surface area is 320 Å². The zero-order valence-electron chi connectivity index (χ0n) is 29.4. The maximum Gasteiger partial charge on any atom is 0.289 e. The molecule has 56 heavy (non-hydrogen) atoms. The van der Waals surface area contributed by atoms with Gasteiger partial charge < -0.3 is 15.1 Å². The molecule has 0 radical (unpaired) electrons. The zero-order chi connectivity index (χ0) is 39.6. The molecule has 5 aromatic carbocycles. The van der Waals surface area contributed by atoms with Crippen LogP contribution in [0.25, 0.3) is 21.8 Å². The van der Waals surface area contributed by atoms with E-state index in [2.05, 4.69) is 19.4 Å². The van der Waals surface area contributed by atoms with Gasteiger partial charge in [-0.05, 0) is 54.3 Å². The van der Waals surface area contributed by atoms with Crippen LogP contribution in [0.5, 0.6) is 5.75 Å². The van der Waals surface area contributed by atoms with Crippen molar-refractivity contribution in [1.29, 1.82) is 0 Å². The molecule has 286 valence electrons. The molecule has 0 aliphatic rings. The van der Waals surface area contributed by atoms with Gasteiger partial charge >= 0.3 is 0 Å². The van der Waals surface area contributed by atoms with E-state index in [4.69, 9.17) is 0 Å². The maximum absolute atomic E-state index is 13.4. The third kappa shape index (κ3) is 7.35. The molecule has 0 saturated heterocycles. The van der Waals surface area contributed by atoms with E-state index in [1.807, 2.05) is 48.5 Å². The molecule has 2 aromatic heterocycles. The summed E-state index contributed by atoms with van der Waals surface area (Å²) in [6, 6.07) is 31.8. The van der Waals surface area contributed by atoms with Crippen molar-refractivity contribution in [3.8, 4) is 5.75 Å². The number of nitrogens with zero attached hydrogens (tertiary/aromatic N) is 2. The molecule has 0 aliphatic heterocycles. The van der Waals surface area contributed by atoms with Crippen LogP contribution in [0.1, 0.15) is 34.0 Å². The lowest BCUT2D eigenvalue weighted by atomic mass is 9.86. The summed E-state index contributed by atoms with van der Waals surface area (Å²) < 4.78 is 58.5. The Kier molecular flexibility index (Phi) is 10.4. The van der Waals surface area contributed by atoms with Crippen LogP contribution in [-0.2, 0) is 32.9 Å². The van der Waals surface area contributed by atoms with Crippen LogP contribution in [-0.4, -0.2) is 54.8 Å². The quantitative estimate of drug-likeness (QED) is 0.0571. The lowest BCUT2D eigenvalue weighted by Gasteiger charge is -2.21. The summed E-state index contributed by atoms with van der Waals surface area (Å²) in [6.45, 7) is -0.270. The summed E-state index contributed by atoms with van der Waals surface area (Å²) >= 11 is 0. The van der Waals surface area contributed by atoms with Gasteiger partial charge in [0.25, 0.3) is 11.4 Å². The van der Waals surface area contributed by atoms with Crippen molar-refractivity contribution in [2.45, 2.75) is 28.6 Å². The van der Waals surface area contributed by atoms with Crippen LogP contribution in [0.4, 0.5) is 11.4 Å². The highest BCUT2D eigenvalue weighted by Crippen LogP contribution is 2.43. The number of H-pyrrole nitrogens is 2. The number of para-hydroxylation sites is 5. The Morgan fingerprint density at radius 3 is 1.41 bits per heavy atom. The minimum atomic E-state index is -4.30. The third-order valence-corrected chi connectivity index (χ3v) is 12.6. The lowest BCUT2D eigenvalue weighted by molar-refractivity contribution is -0.388. The molecule has 5 N–H and O–H groups in total. The zero-order valence-corrected chi connectivity index (χ0v) is 31.0. The fourth-order valence-corrected chi connectivity index (χ4v) is 9.51. The minimum absolute atomic E-state index is 0.0270. The molecular weight excluding hydrogens is 761 g/mol. The first-order chi connectivity index (χ1) is 26.9. The number of nitro benzene ring substituents is 2. The summed E-state index contributed by atoms with van der Waals surface area (Å²) in [5.74, 6) is -0.763. The topological polar surface area (TPSA) is 230 Å². The predicted molar refractivity (Wildman–Crippen MR) is 210 cm³/mol. The van der Waals surface area contributed by atoms with E-state index in [0.717, 1.165) is 33.9 Å². The fourth-order valence-electron chi connectivity index (χ4n) is 7.11. The number of phenols is 1. The number of benzene rings is 5. The highest BCUT2D eigenvalue weighted by Gasteiger charge is 2.31. The van der Waals surface area contributed by atoms with Gasteiger partial charge in [-0.15, -0.1) is 0 Å². The highest BCUT2D eigenvalue weighted by molar-refractivity contribution is 7.90. The highest BCUT2D eigenvalue weighted by atomic mass is 32.2. The molecule has 2 heterocycles. The average molecular weight is 795 g/mol. The monoisotopic (exact) mass is 794 g/mol. The van der Waals surface area contributed by atoms with Gasteiger partial charge in [0.2, 0.25) is 20.0 Å². The molecule has 0 fully saturated rings. The fraction of sp³-hybridized carbons (Fsp3) is 0.128. The number of nitrogens with one attached hydrogen (secondary N) is 4. The Balaban J connectivity index is 1.31. The molecule has 0 bridgehead atoms. The molecule has 15 nitrogen and oxygen atoms in total. The van der Waals surface area contributed by atoms with E-state index < -0.39 is 57.0 Å². The van der Waals surface area contributed by atoms with Crippen molar-refractivity contribution >= 4 is 53.2 Å². The van der Waals surface area contributed by atoms with Gasteiger partial charge in [-0.2, -0.15) is 0 Å². The average Bonchev–Trinajstić information content (AvgIpc) is 3.73. The van der Waals surface area contributed by atoms with Crippen molar-refractivity contribution in [1.82, 2.24) is 19.4 Å². The number of phenolic OH excluding ortho intramolecular Hbond substituents is 1. The third-order valence-electron chi connectivity index (χ3n) is 9.56. The van der Waals surface area contributed by atoms with E-state index in [9.17, 15) is 42.2 Å². The second-order valence-electron chi connectivity index (χ2n) is 12.9. The summed E-state index contributed by atoms with van der Waals surface area (Å²) in [7, 11) is -8.60. The van der Waals surface area contributed by atoms with E-state index in [0.29, 0.717) is 28.1 Å². The van der Waals surface area contributed by atoms with Crippen LogP contribution in [0.2, 0.25) is 0 Å². The van der Waals surface area contributed by atoms with E-state index in [-0.39, 0.29) is 31.7 Å². The van der Waals surface area contributed by atoms with Gasteiger partial charge in [-0.1, -0.05) is 78.9 Å². The smallest absolute Gasteiger partial charge is 0.289 e. The second kappa shape index (κ2) is 15.4. The van der Waals surface area contributed by atoms with Crippen LogP contribution in [0.15, 0.2) is 131 Å². The summed E-state index contributed by atoms with van der Waals surface area (Å²) in [5, 5.41) is 36.2. The van der Waals surface area contributed by atoms with E-state index >= 15 is 0 Å². The van der Waals surface area contributed by atoms with Gasteiger partial charge in [-0.3, -0.25) is 20.2 Å². The SMILES string of the molecule is O=[N+]([O-])c1ccccc1S(=O)(=O)NCCc1c(C(c2ccccc2O)c2[nH]c3ccccc3c2CCNS(=O)(=O)c2ccccc2[N+](=O)[O-])[nH]c2ccccc12. The molecule has 0 unspecified atom stereocenters. The van der Waals surface area contributed by atoms with Crippen molar-refractivity contribution < 1.29 is 31.8 Å². The number of aromatic amines is 2. The Bertz CT molecular complexity index is 2680. The maximum atomic E-state index is 13.4. The van der Waals surface area contributed by atoms with Crippen LogP contribution in [0, 0.1) is 20.2 Å². The Morgan fingerprint density at radius 1 is 0.571 bits per heavy atom. The largest absolute Gasteiger partial charge is 0.508 e. The molecule has 0 amide bonds. The summed E-state index contributed by atoms with van der Waals surface area (Å²) in [5.41, 5.74) is 3.50. The molecule has 0 aliphatic carbocycles. The Hall–Kier alpha value is -6.40. The van der Waals surface area contributed by atoms with Gasteiger partial charge in [-0.25, -0.2) is 26.3 Å². The molecule has 0 spiro atoms. The number of hydrogen-bond acceptors (Lipinski definition) is 9. The first-order valence-electron chi connectivity index (χ1n) is 17.3. The molecule has 0 atom stereocenters. The number of sulfonamides is 2. The van der Waals surface area contributed by atoms with Gasteiger partial charge in [0, 0.05) is 64.0 Å². The Morgan fingerprint density at radius 2 is 0.964 bits per heavy atom. The van der Waals surface area contributed by atoms with Crippen molar-refractivity contribution in [2.75, 3.05) is 13.1 Å². The van der Waals surface area contributed by atoms with Gasteiger partial charge in [0.15, 0.2) is 9.79 Å². The number of rotatable bonds is 15. The number of aromatic nitrogens is 2. The first kappa shape index (κ1) is 37.9. The van der Waals surface area contributed by atoms with E-state index in [1.54, 1.807) is 24.3 Å². The van der Waals surface area contributed by atoms with Crippen molar-refractivity contribution in [3.63, 3.8) is 0 Å². The number of hydrogen-bond donors (Lipinski definition) is 5. The molecule has 17 heteroatoms. The normalized spacial score (nSPS) is 12.1.